The number of hydrogen-bond acceptors (Lipinski definition) is 1. The highest BCUT2D eigenvalue weighted by Crippen LogP contribution is 2.45. The molecule has 0 aliphatic carbocycles. The van der Waals surface area contributed by atoms with Gasteiger partial charge in [-0.2, -0.15) is 0 Å². The summed E-state index contributed by atoms with van der Waals surface area (Å²) in [7, 11) is 0. The first-order valence-electron chi connectivity index (χ1n) is 7.90. The molecule has 0 radical (unpaired) electrons. The zero-order valence-corrected chi connectivity index (χ0v) is 14.3. The summed E-state index contributed by atoms with van der Waals surface area (Å²) in [6.45, 7) is 10.3. The molecule has 0 saturated heterocycles. The van der Waals surface area contributed by atoms with Crippen LogP contribution in [0.5, 0.6) is 0 Å². The summed E-state index contributed by atoms with van der Waals surface area (Å²) >= 11 is 0. The van der Waals surface area contributed by atoms with Crippen LogP contribution in [0.2, 0.25) is 0 Å². The van der Waals surface area contributed by atoms with E-state index in [4.69, 9.17) is 0 Å². The van der Waals surface area contributed by atoms with Gasteiger partial charge in [0.2, 0.25) is 0 Å². The summed E-state index contributed by atoms with van der Waals surface area (Å²) in [5.41, 5.74) is 3.02. The van der Waals surface area contributed by atoms with Gasteiger partial charge in [-0.25, -0.2) is 0 Å². The molecule has 1 unspecified atom stereocenters. The number of Topliss-reactive ketones (excluding diaryl/α,β-unsaturated/α-hetero) is 1. The Morgan fingerprint density at radius 1 is 0.909 bits per heavy atom. The predicted octanol–water partition coefficient (Wildman–Crippen LogP) is 5.11. The van der Waals surface area contributed by atoms with Crippen molar-refractivity contribution in [3.8, 4) is 0 Å². The Bertz CT molecular complexity index is 655. The van der Waals surface area contributed by atoms with Gasteiger partial charge in [-0.3, -0.25) is 4.79 Å². The van der Waals surface area contributed by atoms with Crippen molar-refractivity contribution in [3.05, 3.63) is 71.3 Å². The number of ketones is 1. The van der Waals surface area contributed by atoms with E-state index in [9.17, 15) is 4.79 Å². The zero-order valence-electron chi connectivity index (χ0n) is 14.3. The number of benzene rings is 2. The lowest BCUT2D eigenvalue weighted by atomic mass is 9.58. The summed E-state index contributed by atoms with van der Waals surface area (Å²) in [4.78, 5) is 12.6. The van der Waals surface area contributed by atoms with Crippen molar-refractivity contribution in [2.24, 2.45) is 5.41 Å². The smallest absolute Gasteiger partial charge is 0.140 e. The summed E-state index contributed by atoms with van der Waals surface area (Å²) < 4.78 is 0. The Balaban J connectivity index is 2.47. The van der Waals surface area contributed by atoms with Crippen LogP contribution >= 0.6 is 0 Å². The number of carbonyl (C=O) groups excluding carboxylic acids is 1. The van der Waals surface area contributed by atoms with Crippen LogP contribution in [0.25, 0.3) is 0 Å². The van der Waals surface area contributed by atoms with Crippen molar-refractivity contribution in [1.29, 1.82) is 0 Å². The third kappa shape index (κ3) is 2.85. The second-order valence-electron chi connectivity index (χ2n) is 7.03. The maximum atomic E-state index is 12.6. The molecule has 1 atom stereocenters. The van der Waals surface area contributed by atoms with Gasteiger partial charge in [0.15, 0.2) is 0 Å². The van der Waals surface area contributed by atoms with Gasteiger partial charge in [-0.15, -0.1) is 0 Å². The number of aryl methyl sites for hydroxylation is 1. The molecule has 0 spiro atoms. The molecule has 2 aromatic rings. The molecule has 0 bridgehead atoms. The number of rotatable bonds is 5. The summed E-state index contributed by atoms with van der Waals surface area (Å²) in [5, 5.41) is 0. The maximum absolute atomic E-state index is 12.6. The minimum Gasteiger partial charge on any atom is -0.299 e. The second-order valence-corrected chi connectivity index (χ2v) is 7.03. The van der Waals surface area contributed by atoms with Crippen LogP contribution in [-0.2, 0) is 16.6 Å². The largest absolute Gasteiger partial charge is 0.299 e. The first-order chi connectivity index (χ1) is 10.3. The summed E-state index contributed by atoms with van der Waals surface area (Å²) in [5.74, 6) is 0.220. The fourth-order valence-electron chi connectivity index (χ4n) is 3.30. The van der Waals surface area contributed by atoms with Gasteiger partial charge in [0, 0.05) is 0 Å². The standard InChI is InChI=1S/C21H26O/c1-16-11-9-10-12-18(16)15-20(3,4)21(5,17(2)22)19-13-7-6-8-14-19/h6-14H,15H2,1-5H3. The van der Waals surface area contributed by atoms with E-state index in [0.717, 1.165) is 12.0 Å². The Kier molecular flexibility index (Phi) is 4.55. The van der Waals surface area contributed by atoms with Crippen LogP contribution in [0.1, 0.15) is 44.4 Å². The van der Waals surface area contributed by atoms with Crippen molar-refractivity contribution in [1.82, 2.24) is 0 Å². The van der Waals surface area contributed by atoms with Gasteiger partial charge in [-0.05, 0) is 49.3 Å². The van der Waals surface area contributed by atoms with E-state index in [2.05, 4.69) is 64.1 Å². The van der Waals surface area contributed by atoms with E-state index < -0.39 is 5.41 Å². The molecule has 0 amide bonds. The maximum Gasteiger partial charge on any atom is 0.140 e. The first kappa shape index (κ1) is 16.5. The molecular weight excluding hydrogens is 268 g/mol. The minimum absolute atomic E-state index is 0.174. The van der Waals surface area contributed by atoms with E-state index >= 15 is 0 Å². The van der Waals surface area contributed by atoms with E-state index in [1.165, 1.54) is 11.1 Å². The van der Waals surface area contributed by atoms with Crippen molar-refractivity contribution in [2.75, 3.05) is 0 Å². The van der Waals surface area contributed by atoms with Crippen LogP contribution in [0.3, 0.4) is 0 Å². The molecule has 2 aromatic carbocycles. The molecule has 0 heterocycles. The Morgan fingerprint density at radius 2 is 1.45 bits per heavy atom. The van der Waals surface area contributed by atoms with Crippen LogP contribution in [0.15, 0.2) is 54.6 Å². The highest BCUT2D eigenvalue weighted by atomic mass is 16.1. The molecular formula is C21H26O. The molecule has 0 N–H and O–H groups in total. The van der Waals surface area contributed by atoms with Crippen molar-refractivity contribution in [2.45, 2.75) is 46.5 Å². The first-order valence-corrected chi connectivity index (χ1v) is 7.90. The van der Waals surface area contributed by atoms with Gasteiger partial charge in [0.1, 0.15) is 5.78 Å². The normalized spacial score (nSPS) is 14.4. The van der Waals surface area contributed by atoms with Crippen LogP contribution < -0.4 is 0 Å². The van der Waals surface area contributed by atoms with Gasteiger partial charge in [0.05, 0.1) is 5.41 Å². The fourth-order valence-corrected chi connectivity index (χ4v) is 3.30. The zero-order chi connectivity index (χ0) is 16.4. The Hall–Kier alpha value is -1.89. The molecule has 22 heavy (non-hydrogen) atoms. The SMILES string of the molecule is CC(=O)C(C)(c1ccccc1)C(C)(C)Cc1ccccc1C. The molecule has 0 aliphatic rings. The van der Waals surface area contributed by atoms with Crippen molar-refractivity contribution >= 4 is 5.78 Å². The van der Waals surface area contributed by atoms with Crippen molar-refractivity contribution in [3.63, 3.8) is 0 Å². The lowest BCUT2D eigenvalue weighted by molar-refractivity contribution is -0.126. The van der Waals surface area contributed by atoms with Gasteiger partial charge in [-0.1, -0.05) is 68.4 Å². The topological polar surface area (TPSA) is 17.1 Å². The molecule has 1 nitrogen and oxygen atoms in total. The Morgan fingerprint density at radius 3 is 2.00 bits per heavy atom. The van der Waals surface area contributed by atoms with Gasteiger partial charge >= 0.3 is 0 Å². The molecule has 116 valence electrons. The average Bonchev–Trinajstić information content (AvgIpc) is 2.49. The minimum atomic E-state index is -0.503. The molecule has 1 heteroatoms. The van der Waals surface area contributed by atoms with Crippen LogP contribution in [0.4, 0.5) is 0 Å². The molecule has 0 aliphatic heterocycles. The number of hydrogen-bond donors (Lipinski definition) is 0. The van der Waals surface area contributed by atoms with Crippen LogP contribution in [-0.4, -0.2) is 5.78 Å². The van der Waals surface area contributed by atoms with E-state index in [1.807, 2.05) is 18.2 Å². The van der Waals surface area contributed by atoms with Gasteiger partial charge in [0.25, 0.3) is 0 Å². The highest BCUT2D eigenvalue weighted by Gasteiger charge is 2.46. The van der Waals surface area contributed by atoms with E-state index in [-0.39, 0.29) is 11.2 Å². The molecule has 0 fully saturated rings. The quantitative estimate of drug-likeness (QED) is 0.749. The highest BCUT2D eigenvalue weighted by molar-refractivity contribution is 5.88. The molecule has 0 aromatic heterocycles. The molecule has 2 rings (SSSR count). The van der Waals surface area contributed by atoms with E-state index in [0.29, 0.717) is 0 Å². The Labute approximate surface area is 134 Å². The predicted molar refractivity (Wildman–Crippen MR) is 93.1 cm³/mol. The van der Waals surface area contributed by atoms with Crippen molar-refractivity contribution < 1.29 is 4.79 Å². The lowest BCUT2D eigenvalue weighted by Crippen LogP contribution is -2.46. The second kappa shape index (κ2) is 6.08. The average molecular weight is 294 g/mol. The van der Waals surface area contributed by atoms with E-state index in [1.54, 1.807) is 6.92 Å². The molecule has 0 saturated carbocycles. The lowest BCUT2D eigenvalue weighted by Gasteiger charge is -2.43. The van der Waals surface area contributed by atoms with Gasteiger partial charge < -0.3 is 0 Å². The third-order valence-electron chi connectivity index (χ3n) is 5.30. The number of carbonyl (C=O) groups is 1. The van der Waals surface area contributed by atoms with Crippen LogP contribution in [0, 0.1) is 12.3 Å². The monoisotopic (exact) mass is 294 g/mol. The summed E-state index contributed by atoms with van der Waals surface area (Å²) in [6.07, 6.45) is 0.880. The third-order valence-corrected chi connectivity index (χ3v) is 5.30. The summed E-state index contributed by atoms with van der Waals surface area (Å²) in [6, 6.07) is 18.6. The fraction of sp³-hybridized carbons (Fsp3) is 0.381.